The molecule has 0 atom stereocenters. The summed E-state index contributed by atoms with van der Waals surface area (Å²) in [5.41, 5.74) is 0. The number of nitrogens with two attached hydrogens (primary N) is 1. The molecule has 2 heterocycles. The number of piperazine rings is 1. The van der Waals surface area contributed by atoms with Crippen molar-refractivity contribution in [2.75, 3.05) is 32.7 Å². The molecular formula is C9H18N4O2S. The van der Waals surface area contributed by atoms with Gasteiger partial charge in [0.2, 0.25) is 0 Å². The first-order valence-corrected chi connectivity index (χ1v) is 6.65. The van der Waals surface area contributed by atoms with Gasteiger partial charge in [-0.2, -0.15) is 8.42 Å². The molecule has 7 heteroatoms. The number of hydrogen-bond acceptors (Lipinski definition) is 4. The third-order valence-corrected chi connectivity index (χ3v) is 2.99. The molecule has 0 bridgehead atoms. The zero-order valence-electron chi connectivity index (χ0n) is 9.09. The maximum Gasteiger partial charge on any atom is 0.298 e. The molecule has 2 aliphatic heterocycles. The van der Waals surface area contributed by atoms with Gasteiger partial charge >= 0.3 is 0 Å². The molecular weight excluding hydrogens is 228 g/mol. The zero-order valence-corrected chi connectivity index (χ0v) is 9.91. The van der Waals surface area contributed by atoms with Crippen LogP contribution in [-0.2, 0) is 10.2 Å². The average Bonchev–Trinajstić information content (AvgIpc) is 2.32. The number of allylic oxidation sites excluding steroid dienone is 2. The Labute approximate surface area is 96.4 Å². The Morgan fingerprint density at radius 3 is 1.88 bits per heavy atom. The first kappa shape index (κ1) is 13.2. The zero-order chi connectivity index (χ0) is 11.9. The lowest BCUT2D eigenvalue weighted by atomic mass is 10.4. The van der Waals surface area contributed by atoms with Crippen molar-refractivity contribution < 1.29 is 8.42 Å². The third kappa shape index (κ3) is 5.26. The van der Waals surface area contributed by atoms with E-state index in [1.165, 1.54) is 6.20 Å². The van der Waals surface area contributed by atoms with Gasteiger partial charge in [0, 0.05) is 32.4 Å². The van der Waals surface area contributed by atoms with Gasteiger partial charge in [0.25, 0.3) is 10.2 Å². The molecule has 0 aliphatic carbocycles. The van der Waals surface area contributed by atoms with E-state index < -0.39 is 10.2 Å². The van der Waals surface area contributed by atoms with Crippen molar-refractivity contribution in [2.45, 2.75) is 0 Å². The summed E-state index contributed by atoms with van der Waals surface area (Å²) in [5, 5.41) is 11.3. The summed E-state index contributed by atoms with van der Waals surface area (Å²) < 4.78 is 22.3. The van der Waals surface area contributed by atoms with Crippen LogP contribution < -0.4 is 15.8 Å². The van der Waals surface area contributed by atoms with Crippen LogP contribution in [0.5, 0.6) is 0 Å². The maximum absolute atomic E-state index is 10.6. The highest BCUT2D eigenvalue weighted by molar-refractivity contribution is 7.86. The van der Waals surface area contributed by atoms with E-state index >= 15 is 0 Å². The molecule has 0 aromatic rings. The molecule has 0 saturated carbocycles. The molecule has 2 aliphatic rings. The lowest BCUT2D eigenvalue weighted by Gasteiger charge is -2.16. The highest BCUT2D eigenvalue weighted by atomic mass is 32.2. The van der Waals surface area contributed by atoms with E-state index in [4.69, 9.17) is 5.14 Å². The predicted molar refractivity (Wildman–Crippen MR) is 63.8 cm³/mol. The van der Waals surface area contributed by atoms with Crippen LogP contribution in [-0.4, -0.2) is 45.4 Å². The minimum atomic E-state index is -3.53. The van der Waals surface area contributed by atoms with Crippen LogP contribution in [0.4, 0.5) is 0 Å². The summed E-state index contributed by atoms with van der Waals surface area (Å²) in [6, 6.07) is 0. The quantitative estimate of drug-likeness (QED) is 0.540. The first-order chi connectivity index (χ1) is 7.61. The maximum atomic E-state index is 10.6. The Morgan fingerprint density at radius 2 is 1.62 bits per heavy atom. The topological polar surface area (TPSA) is 87.5 Å². The van der Waals surface area contributed by atoms with Crippen LogP contribution in [0.3, 0.4) is 0 Å². The normalized spacial score (nSPS) is 20.2. The van der Waals surface area contributed by atoms with Crippen molar-refractivity contribution >= 4 is 10.2 Å². The van der Waals surface area contributed by atoms with Gasteiger partial charge in [0.1, 0.15) is 0 Å². The number of nitrogens with zero attached hydrogens (tertiary/aromatic N) is 1. The lowest BCUT2D eigenvalue weighted by Crippen LogP contribution is -2.39. The second-order valence-corrected chi connectivity index (χ2v) is 4.88. The summed E-state index contributed by atoms with van der Waals surface area (Å²) in [7, 11) is -3.53. The van der Waals surface area contributed by atoms with E-state index in [0.717, 1.165) is 30.5 Å². The molecule has 1 saturated heterocycles. The summed E-state index contributed by atoms with van der Waals surface area (Å²) in [4.78, 5) is 0. The standard InChI is InChI=1S/C5H8N2O2S.C4H10N2/c6-10(8,9)7-4-2-1-3-5-7;1-2-6-4-3-5-1/h1-4H,5H2,(H2,6,8,9);5-6H,1-4H2. The average molecular weight is 246 g/mol. The van der Waals surface area contributed by atoms with E-state index in [0.29, 0.717) is 6.54 Å². The molecule has 1 fully saturated rings. The Bertz CT molecular complexity index is 335. The van der Waals surface area contributed by atoms with E-state index in [9.17, 15) is 8.42 Å². The molecule has 4 N–H and O–H groups in total. The molecule has 16 heavy (non-hydrogen) atoms. The van der Waals surface area contributed by atoms with Crippen LogP contribution >= 0.6 is 0 Å². The highest BCUT2D eigenvalue weighted by Crippen LogP contribution is 2.00. The van der Waals surface area contributed by atoms with Gasteiger partial charge in [-0.3, -0.25) is 4.31 Å². The van der Waals surface area contributed by atoms with Crippen molar-refractivity contribution in [1.82, 2.24) is 14.9 Å². The number of hydrogen-bond donors (Lipinski definition) is 3. The van der Waals surface area contributed by atoms with Gasteiger partial charge in [0.05, 0.1) is 6.54 Å². The van der Waals surface area contributed by atoms with Crippen molar-refractivity contribution in [3.05, 3.63) is 24.4 Å². The minimum Gasteiger partial charge on any atom is -0.314 e. The van der Waals surface area contributed by atoms with Crippen LogP contribution in [0, 0.1) is 0 Å². The fourth-order valence-electron chi connectivity index (χ4n) is 1.24. The second kappa shape index (κ2) is 6.64. The Hall–Kier alpha value is -0.890. The summed E-state index contributed by atoms with van der Waals surface area (Å²) in [6.07, 6.45) is 6.52. The first-order valence-electron chi connectivity index (χ1n) is 5.15. The minimum absolute atomic E-state index is 0.329. The van der Waals surface area contributed by atoms with Crippen LogP contribution in [0.15, 0.2) is 24.4 Å². The molecule has 0 aromatic heterocycles. The van der Waals surface area contributed by atoms with Crippen molar-refractivity contribution in [1.29, 1.82) is 0 Å². The Kier molecular flexibility index (Phi) is 5.47. The van der Waals surface area contributed by atoms with Crippen molar-refractivity contribution in [2.24, 2.45) is 5.14 Å². The van der Waals surface area contributed by atoms with Crippen LogP contribution in [0.2, 0.25) is 0 Å². The van der Waals surface area contributed by atoms with Gasteiger partial charge in [0.15, 0.2) is 0 Å². The van der Waals surface area contributed by atoms with Gasteiger partial charge in [-0.25, -0.2) is 5.14 Å². The van der Waals surface area contributed by atoms with Crippen molar-refractivity contribution in [3.63, 3.8) is 0 Å². The van der Waals surface area contributed by atoms with E-state index in [1.807, 2.05) is 0 Å². The molecule has 0 amide bonds. The molecule has 0 spiro atoms. The fourth-order valence-corrected chi connectivity index (χ4v) is 1.78. The van der Waals surface area contributed by atoms with Gasteiger partial charge in [-0.15, -0.1) is 0 Å². The molecule has 0 unspecified atom stereocenters. The SMILES string of the molecule is C1CNCCN1.NS(=O)(=O)N1C=CC=CC1. The summed E-state index contributed by atoms with van der Waals surface area (Å²) in [5.74, 6) is 0. The third-order valence-electron chi connectivity index (χ3n) is 2.07. The summed E-state index contributed by atoms with van der Waals surface area (Å²) >= 11 is 0. The highest BCUT2D eigenvalue weighted by Gasteiger charge is 2.10. The molecule has 2 rings (SSSR count). The number of rotatable bonds is 1. The lowest BCUT2D eigenvalue weighted by molar-refractivity contribution is 0.522. The second-order valence-electron chi connectivity index (χ2n) is 3.38. The number of nitrogens with one attached hydrogen (secondary N) is 2. The fraction of sp³-hybridized carbons (Fsp3) is 0.556. The van der Waals surface area contributed by atoms with E-state index in [1.54, 1.807) is 18.2 Å². The summed E-state index contributed by atoms with van der Waals surface area (Å²) in [6.45, 7) is 4.88. The van der Waals surface area contributed by atoms with Crippen molar-refractivity contribution in [3.8, 4) is 0 Å². The van der Waals surface area contributed by atoms with Gasteiger partial charge < -0.3 is 10.6 Å². The van der Waals surface area contributed by atoms with Gasteiger partial charge in [-0.1, -0.05) is 12.2 Å². The smallest absolute Gasteiger partial charge is 0.298 e. The molecule has 0 aromatic carbocycles. The largest absolute Gasteiger partial charge is 0.314 e. The molecule has 92 valence electrons. The van der Waals surface area contributed by atoms with E-state index in [2.05, 4.69) is 10.6 Å². The predicted octanol–water partition coefficient (Wildman–Crippen LogP) is -1.25. The van der Waals surface area contributed by atoms with Crippen LogP contribution in [0.1, 0.15) is 0 Å². The Balaban J connectivity index is 0.000000181. The Morgan fingerprint density at radius 1 is 1.06 bits per heavy atom. The van der Waals surface area contributed by atoms with Gasteiger partial charge in [-0.05, 0) is 6.08 Å². The van der Waals surface area contributed by atoms with E-state index in [-0.39, 0.29) is 0 Å². The van der Waals surface area contributed by atoms with Crippen LogP contribution in [0.25, 0.3) is 0 Å². The monoisotopic (exact) mass is 246 g/mol. The molecule has 6 nitrogen and oxygen atoms in total. The molecule has 0 radical (unpaired) electrons.